The predicted molar refractivity (Wildman–Crippen MR) is 116 cm³/mol. The molecule has 6 atom stereocenters. The summed E-state index contributed by atoms with van der Waals surface area (Å²) in [6, 6.07) is 6.35. The molecule has 1 saturated carbocycles. The molecule has 0 aromatic heterocycles. The van der Waals surface area contributed by atoms with E-state index >= 15 is 0 Å². The standard InChI is InChI=1S/C21H26IN3O3/c1-12(26)28-17-14-5-4-9-25-10-8-20(19(14)25)15-7-6-13(27-3)11-16(15)24(2)21(20,22)18(17)23/h4-7,11,14,17-19H,8-10,23H2,1-3H3/t14?,17?,18?,19?,20-,21?/m1/s1. The Labute approximate surface area is 179 Å². The number of ether oxygens (including phenoxy) is 2. The zero-order chi connectivity index (χ0) is 19.8. The Balaban J connectivity index is 1.75. The normalized spacial score (nSPS) is 40.7. The second kappa shape index (κ2) is 6.09. The van der Waals surface area contributed by atoms with Crippen LogP contribution < -0.4 is 15.4 Å². The van der Waals surface area contributed by atoms with Crippen LogP contribution in [0.25, 0.3) is 0 Å². The van der Waals surface area contributed by atoms with Gasteiger partial charge in [0.05, 0.1) is 13.2 Å². The highest BCUT2D eigenvalue weighted by molar-refractivity contribution is 14.1. The first-order chi connectivity index (χ1) is 13.4. The topological polar surface area (TPSA) is 68.0 Å². The van der Waals surface area contributed by atoms with Crippen LogP contribution in [0.4, 0.5) is 5.69 Å². The molecule has 4 aliphatic rings. The van der Waals surface area contributed by atoms with E-state index in [0.717, 1.165) is 25.3 Å². The Kier molecular flexibility index (Phi) is 4.07. The molecule has 1 saturated heterocycles. The highest BCUT2D eigenvalue weighted by Gasteiger charge is 2.75. The molecule has 1 aromatic rings. The Morgan fingerprint density at radius 3 is 2.89 bits per heavy atom. The summed E-state index contributed by atoms with van der Waals surface area (Å²) in [5.41, 5.74) is 9.36. The van der Waals surface area contributed by atoms with Gasteiger partial charge in [0.1, 0.15) is 15.4 Å². The van der Waals surface area contributed by atoms with Crippen molar-refractivity contribution in [2.45, 2.75) is 40.5 Å². The van der Waals surface area contributed by atoms with Crippen molar-refractivity contribution in [2.75, 3.05) is 32.1 Å². The molecular formula is C21H26IN3O3. The monoisotopic (exact) mass is 495 g/mol. The molecule has 0 bridgehead atoms. The number of nitrogens with zero attached hydrogens (tertiary/aromatic N) is 2. The highest BCUT2D eigenvalue weighted by atomic mass is 127. The molecule has 7 heteroatoms. The van der Waals surface area contributed by atoms with E-state index in [9.17, 15) is 4.79 Å². The van der Waals surface area contributed by atoms with E-state index in [1.54, 1.807) is 7.11 Å². The van der Waals surface area contributed by atoms with Crippen LogP contribution in [-0.4, -0.2) is 59.8 Å². The summed E-state index contributed by atoms with van der Waals surface area (Å²) in [5.74, 6) is 0.677. The average molecular weight is 495 g/mol. The largest absolute Gasteiger partial charge is 0.497 e. The number of likely N-dealkylation sites (N-methyl/N-ethyl adjacent to an activating group) is 1. The molecule has 1 aliphatic carbocycles. The lowest BCUT2D eigenvalue weighted by Gasteiger charge is -2.59. The number of nitrogens with two attached hydrogens (primary N) is 1. The van der Waals surface area contributed by atoms with Crippen molar-refractivity contribution in [3.8, 4) is 5.75 Å². The molecule has 150 valence electrons. The van der Waals surface area contributed by atoms with Crippen molar-refractivity contribution < 1.29 is 14.3 Å². The second-order valence-corrected chi connectivity index (χ2v) is 10.0. The van der Waals surface area contributed by atoms with Crippen LogP contribution in [-0.2, 0) is 14.9 Å². The van der Waals surface area contributed by atoms with Gasteiger partial charge in [-0.1, -0.05) is 40.8 Å². The van der Waals surface area contributed by atoms with E-state index in [1.165, 1.54) is 18.2 Å². The van der Waals surface area contributed by atoms with Crippen LogP contribution in [0, 0.1) is 5.92 Å². The number of anilines is 1. The van der Waals surface area contributed by atoms with Crippen LogP contribution in [0.5, 0.6) is 5.75 Å². The Bertz CT molecular complexity index is 876. The molecule has 2 N–H and O–H groups in total. The fourth-order valence-corrected chi connectivity index (χ4v) is 7.89. The van der Waals surface area contributed by atoms with Gasteiger partial charge >= 0.3 is 5.97 Å². The quantitative estimate of drug-likeness (QED) is 0.223. The third-order valence-corrected chi connectivity index (χ3v) is 9.80. The van der Waals surface area contributed by atoms with Crippen molar-refractivity contribution in [3.05, 3.63) is 35.9 Å². The van der Waals surface area contributed by atoms with Gasteiger partial charge in [-0.25, -0.2) is 0 Å². The molecule has 0 radical (unpaired) electrons. The summed E-state index contributed by atoms with van der Waals surface area (Å²) in [4.78, 5) is 16.8. The fraction of sp³-hybridized carbons (Fsp3) is 0.571. The van der Waals surface area contributed by atoms with E-state index in [4.69, 9.17) is 15.2 Å². The van der Waals surface area contributed by atoms with Gasteiger partial charge in [0.25, 0.3) is 0 Å². The van der Waals surface area contributed by atoms with E-state index in [1.807, 2.05) is 0 Å². The van der Waals surface area contributed by atoms with Gasteiger partial charge in [-0.2, -0.15) is 0 Å². The number of carbonyl (C=O) groups is 1. The maximum absolute atomic E-state index is 11.9. The van der Waals surface area contributed by atoms with E-state index in [2.05, 4.69) is 69.8 Å². The number of benzene rings is 1. The van der Waals surface area contributed by atoms with Crippen molar-refractivity contribution in [3.63, 3.8) is 0 Å². The Hall–Kier alpha value is -1.32. The number of halogens is 1. The molecular weight excluding hydrogens is 469 g/mol. The van der Waals surface area contributed by atoms with Crippen molar-refractivity contribution in [2.24, 2.45) is 11.7 Å². The molecule has 3 aliphatic heterocycles. The zero-order valence-corrected chi connectivity index (χ0v) is 18.5. The first kappa shape index (κ1) is 18.7. The summed E-state index contributed by atoms with van der Waals surface area (Å²) >= 11 is 2.56. The van der Waals surface area contributed by atoms with Gasteiger partial charge in [-0.3, -0.25) is 9.69 Å². The van der Waals surface area contributed by atoms with Crippen LogP contribution in [0.15, 0.2) is 30.4 Å². The number of alkyl halides is 1. The Morgan fingerprint density at radius 2 is 2.18 bits per heavy atom. The van der Waals surface area contributed by atoms with Gasteiger partial charge in [-0.05, 0) is 24.6 Å². The molecule has 1 spiro atoms. The van der Waals surface area contributed by atoms with Gasteiger partial charge in [0, 0.05) is 49.6 Å². The van der Waals surface area contributed by atoms with Crippen LogP contribution in [0.1, 0.15) is 18.9 Å². The fourth-order valence-electron chi connectivity index (χ4n) is 6.40. The molecule has 3 heterocycles. The SMILES string of the molecule is COc1ccc2c(c1)N(C)C1(I)C(N)C(OC(C)=O)C3C=CCN4CC[C@]21C34. The summed E-state index contributed by atoms with van der Waals surface area (Å²) in [7, 11) is 3.81. The summed E-state index contributed by atoms with van der Waals surface area (Å²) < 4.78 is 11.0. The van der Waals surface area contributed by atoms with Crippen molar-refractivity contribution >= 4 is 34.2 Å². The molecule has 5 unspecified atom stereocenters. The number of carbonyl (C=O) groups excluding carboxylic acids is 1. The minimum Gasteiger partial charge on any atom is -0.497 e. The number of rotatable bonds is 2. The van der Waals surface area contributed by atoms with E-state index in [-0.39, 0.29) is 39.0 Å². The van der Waals surface area contributed by atoms with E-state index < -0.39 is 0 Å². The number of methoxy groups -OCH3 is 1. The molecule has 2 fully saturated rings. The Morgan fingerprint density at radius 1 is 1.39 bits per heavy atom. The lowest BCUT2D eigenvalue weighted by molar-refractivity contribution is -0.155. The van der Waals surface area contributed by atoms with E-state index in [0.29, 0.717) is 0 Å². The molecule has 5 rings (SSSR count). The van der Waals surface area contributed by atoms with Crippen LogP contribution in [0.2, 0.25) is 0 Å². The summed E-state index contributed by atoms with van der Waals surface area (Å²) in [6.07, 6.45) is 5.14. The number of esters is 1. The van der Waals surface area contributed by atoms with Gasteiger partial charge in [0.15, 0.2) is 0 Å². The maximum Gasteiger partial charge on any atom is 0.302 e. The second-order valence-electron chi connectivity index (χ2n) is 8.38. The minimum atomic E-state index is -0.388. The summed E-state index contributed by atoms with van der Waals surface area (Å²) in [6.45, 7) is 3.44. The number of hydrogen-bond donors (Lipinski definition) is 1. The number of hydrogen-bond acceptors (Lipinski definition) is 6. The number of fused-ring (bicyclic) bond motifs is 1. The molecule has 0 amide bonds. The van der Waals surface area contributed by atoms with Crippen LogP contribution >= 0.6 is 22.6 Å². The third kappa shape index (κ3) is 2.02. The summed E-state index contributed by atoms with van der Waals surface area (Å²) in [5, 5.41) is 0. The maximum atomic E-state index is 11.9. The average Bonchev–Trinajstić information content (AvgIpc) is 3.17. The minimum absolute atomic E-state index is 0.0968. The predicted octanol–water partition coefficient (Wildman–Crippen LogP) is 2.05. The molecule has 28 heavy (non-hydrogen) atoms. The van der Waals surface area contributed by atoms with Gasteiger partial charge in [-0.15, -0.1) is 0 Å². The molecule has 1 aromatic carbocycles. The van der Waals surface area contributed by atoms with Crippen molar-refractivity contribution in [1.82, 2.24) is 4.90 Å². The highest BCUT2D eigenvalue weighted by Crippen LogP contribution is 2.67. The van der Waals surface area contributed by atoms with Gasteiger partial charge < -0.3 is 20.1 Å². The van der Waals surface area contributed by atoms with Gasteiger partial charge in [0.2, 0.25) is 0 Å². The first-order valence-corrected chi connectivity index (χ1v) is 10.9. The lowest BCUT2D eigenvalue weighted by Crippen LogP contribution is -2.76. The first-order valence-electron chi connectivity index (χ1n) is 9.81. The smallest absolute Gasteiger partial charge is 0.302 e. The van der Waals surface area contributed by atoms with Crippen molar-refractivity contribution in [1.29, 1.82) is 0 Å². The van der Waals surface area contributed by atoms with Crippen LogP contribution in [0.3, 0.4) is 0 Å². The molecule has 6 nitrogen and oxygen atoms in total. The zero-order valence-electron chi connectivity index (χ0n) is 16.4. The lowest BCUT2D eigenvalue weighted by atomic mass is 9.58. The third-order valence-electron chi connectivity index (χ3n) is 7.39.